The molecule has 7 heteroatoms. The Labute approximate surface area is 155 Å². The van der Waals surface area contributed by atoms with Gasteiger partial charge in [-0.2, -0.15) is 0 Å². The molecule has 0 heterocycles. The van der Waals surface area contributed by atoms with Crippen molar-refractivity contribution in [3.63, 3.8) is 0 Å². The normalized spacial score (nSPS) is 15.7. The molecule has 0 aromatic heterocycles. The highest BCUT2D eigenvalue weighted by Gasteiger charge is 2.51. The lowest BCUT2D eigenvalue weighted by molar-refractivity contribution is -0.133. The number of ether oxygens (including phenoxy) is 1. The van der Waals surface area contributed by atoms with Gasteiger partial charge in [-0.3, -0.25) is 20.4 Å². The zero-order chi connectivity index (χ0) is 18.7. The lowest BCUT2D eigenvalue weighted by Crippen LogP contribution is -2.50. The summed E-state index contributed by atoms with van der Waals surface area (Å²) in [6, 6.07) is 12.5. The van der Waals surface area contributed by atoms with E-state index in [1.54, 1.807) is 18.2 Å². The van der Waals surface area contributed by atoms with Gasteiger partial charge < -0.3 is 4.74 Å². The Morgan fingerprint density at radius 3 is 2.46 bits per heavy atom. The van der Waals surface area contributed by atoms with Crippen LogP contribution in [0.5, 0.6) is 5.75 Å². The zero-order valence-electron chi connectivity index (χ0n) is 14.1. The van der Waals surface area contributed by atoms with E-state index in [2.05, 4.69) is 10.9 Å². The highest BCUT2D eigenvalue weighted by atomic mass is 35.5. The van der Waals surface area contributed by atoms with Gasteiger partial charge in [0.05, 0.1) is 5.41 Å². The number of hydrogen-bond acceptors (Lipinski definition) is 3. The van der Waals surface area contributed by atoms with Gasteiger partial charge in [0.2, 0.25) is 5.91 Å². The van der Waals surface area contributed by atoms with Crippen LogP contribution in [0.15, 0.2) is 48.5 Å². The first-order valence-electron chi connectivity index (χ1n) is 8.19. The van der Waals surface area contributed by atoms with Gasteiger partial charge in [0, 0.05) is 5.02 Å². The van der Waals surface area contributed by atoms with Crippen LogP contribution in [0.3, 0.4) is 0 Å². The lowest BCUT2D eigenvalue weighted by Gasteiger charge is -2.18. The minimum Gasteiger partial charge on any atom is -0.481 e. The zero-order valence-corrected chi connectivity index (χ0v) is 14.8. The second kappa shape index (κ2) is 7.33. The van der Waals surface area contributed by atoms with Crippen LogP contribution in [-0.4, -0.2) is 17.9 Å². The second-order valence-corrected chi connectivity index (χ2v) is 6.69. The van der Waals surface area contributed by atoms with E-state index in [1.165, 1.54) is 31.2 Å². The minimum atomic E-state index is -0.859. The first-order valence-corrected chi connectivity index (χ1v) is 8.57. The summed E-state index contributed by atoms with van der Waals surface area (Å²) in [6.45, 7) is 1.54. The van der Waals surface area contributed by atoms with Gasteiger partial charge in [-0.1, -0.05) is 23.7 Å². The van der Waals surface area contributed by atoms with Gasteiger partial charge in [0.25, 0.3) is 5.91 Å². The molecule has 1 unspecified atom stereocenters. The number of halogens is 2. The molecule has 1 aliphatic rings. The Hall–Kier alpha value is -2.60. The molecule has 0 spiro atoms. The smallest absolute Gasteiger partial charge is 0.279 e. The Morgan fingerprint density at radius 2 is 1.85 bits per heavy atom. The van der Waals surface area contributed by atoms with Crippen molar-refractivity contribution in [1.29, 1.82) is 0 Å². The summed E-state index contributed by atoms with van der Waals surface area (Å²) in [4.78, 5) is 24.6. The van der Waals surface area contributed by atoms with Crippen LogP contribution in [0, 0.1) is 5.82 Å². The predicted molar refractivity (Wildman–Crippen MR) is 95.1 cm³/mol. The molecule has 2 N–H and O–H groups in total. The molecule has 136 valence electrons. The van der Waals surface area contributed by atoms with E-state index in [0.717, 1.165) is 5.56 Å². The van der Waals surface area contributed by atoms with Crippen LogP contribution in [0.25, 0.3) is 0 Å². The number of rotatable bonds is 5. The molecule has 0 saturated heterocycles. The number of amides is 2. The second-order valence-electron chi connectivity index (χ2n) is 6.25. The highest BCUT2D eigenvalue weighted by Crippen LogP contribution is 2.48. The molecule has 1 atom stereocenters. The van der Waals surface area contributed by atoms with Gasteiger partial charge in [0.1, 0.15) is 11.6 Å². The Kier molecular flexibility index (Phi) is 5.13. The summed E-state index contributed by atoms with van der Waals surface area (Å²) >= 11 is 6.00. The minimum absolute atomic E-state index is 0.290. The van der Waals surface area contributed by atoms with Crippen molar-refractivity contribution in [2.75, 3.05) is 0 Å². The Balaban J connectivity index is 1.55. The van der Waals surface area contributed by atoms with Crippen LogP contribution in [0.2, 0.25) is 5.02 Å². The monoisotopic (exact) mass is 376 g/mol. The summed E-state index contributed by atoms with van der Waals surface area (Å²) in [5.74, 6) is -0.831. The van der Waals surface area contributed by atoms with Crippen LogP contribution >= 0.6 is 11.6 Å². The van der Waals surface area contributed by atoms with Crippen molar-refractivity contribution < 1.29 is 18.7 Å². The van der Waals surface area contributed by atoms with Gasteiger partial charge in [0.15, 0.2) is 6.10 Å². The highest BCUT2D eigenvalue weighted by molar-refractivity contribution is 6.30. The molecular weight excluding hydrogens is 359 g/mol. The van der Waals surface area contributed by atoms with E-state index in [9.17, 15) is 14.0 Å². The standard InChI is InChI=1S/C19H18ClFN2O3/c1-12(26-16-7-5-15(21)6-8-16)17(24)22-23-18(25)19(9-10-19)13-3-2-4-14(20)11-13/h2-8,11-12H,9-10H2,1H3,(H,22,24)(H,23,25). The average molecular weight is 377 g/mol. The van der Waals surface area contributed by atoms with E-state index >= 15 is 0 Å². The largest absolute Gasteiger partial charge is 0.481 e. The van der Waals surface area contributed by atoms with Crippen molar-refractivity contribution in [2.45, 2.75) is 31.3 Å². The molecule has 2 aromatic carbocycles. The molecular formula is C19H18ClFN2O3. The molecule has 1 saturated carbocycles. The number of hydrazine groups is 1. The third kappa shape index (κ3) is 3.96. The van der Waals surface area contributed by atoms with Gasteiger partial charge in [-0.15, -0.1) is 0 Å². The van der Waals surface area contributed by atoms with Crippen molar-refractivity contribution in [3.05, 3.63) is 64.9 Å². The Morgan fingerprint density at radius 1 is 1.15 bits per heavy atom. The third-order valence-corrected chi connectivity index (χ3v) is 4.59. The predicted octanol–water partition coefficient (Wildman–Crippen LogP) is 3.13. The van der Waals surface area contributed by atoms with Gasteiger partial charge in [-0.25, -0.2) is 4.39 Å². The lowest BCUT2D eigenvalue weighted by atomic mass is 9.95. The summed E-state index contributed by atoms with van der Waals surface area (Å²) in [5, 5.41) is 0.562. The van der Waals surface area contributed by atoms with Crippen LogP contribution in [-0.2, 0) is 15.0 Å². The molecule has 2 aromatic rings. The average Bonchev–Trinajstić information content (AvgIpc) is 3.43. The van der Waals surface area contributed by atoms with Crippen molar-refractivity contribution in [1.82, 2.24) is 10.9 Å². The first-order chi connectivity index (χ1) is 12.4. The molecule has 5 nitrogen and oxygen atoms in total. The summed E-state index contributed by atoms with van der Waals surface area (Å²) in [7, 11) is 0. The van der Waals surface area contributed by atoms with Crippen LogP contribution < -0.4 is 15.6 Å². The topological polar surface area (TPSA) is 67.4 Å². The molecule has 0 radical (unpaired) electrons. The number of carbonyl (C=O) groups is 2. The SMILES string of the molecule is CC(Oc1ccc(F)cc1)C(=O)NNC(=O)C1(c2cccc(Cl)c2)CC1. The van der Waals surface area contributed by atoms with Crippen LogP contribution in [0.4, 0.5) is 4.39 Å². The maximum absolute atomic E-state index is 12.9. The molecule has 1 fully saturated rings. The quantitative estimate of drug-likeness (QED) is 0.788. The van der Waals surface area contributed by atoms with Crippen molar-refractivity contribution in [2.24, 2.45) is 0 Å². The molecule has 1 aliphatic carbocycles. The molecule has 0 bridgehead atoms. The third-order valence-electron chi connectivity index (χ3n) is 4.36. The van der Waals surface area contributed by atoms with Crippen LogP contribution in [0.1, 0.15) is 25.3 Å². The Bertz CT molecular complexity index is 822. The molecule has 3 rings (SSSR count). The van der Waals surface area contributed by atoms with Gasteiger partial charge in [-0.05, 0) is 61.7 Å². The van der Waals surface area contributed by atoms with Gasteiger partial charge >= 0.3 is 0 Å². The van der Waals surface area contributed by atoms with E-state index in [0.29, 0.717) is 23.6 Å². The van der Waals surface area contributed by atoms with Crippen molar-refractivity contribution >= 4 is 23.4 Å². The molecule has 0 aliphatic heterocycles. The maximum atomic E-state index is 12.9. The number of hydrogen-bond donors (Lipinski definition) is 2. The summed E-state index contributed by atoms with van der Waals surface area (Å²) < 4.78 is 18.3. The fourth-order valence-electron chi connectivity index (χ4n) is 2.67. The van der Waals surface area contributed by atoms with E-state index in [-0.39, 0.29) is 5.91 Å². The first kappa shape index (κ1) is 18.2. The van der Waals surface area contributed by atoms with E-state index < -0.39 is 23.2 Å². The summed E-state index contributed by atoms with van der Waals surface area (Å²) in [5.41, 5.74) is 5.00. The number of nitrogens with one attached hydrogen (secondary N) is 2. The number of carbonyl (C=O) groups excluding carboxylic acids is 2. The number of benzene rings is 2. The van der Waals surface area contributed by atoms with Crippen molar-refractivity contribution in [3.8, 4) is 5.75 Å². The van der Waals surface area contributed by atoms with E-state index in [4.69, 9.17) is 16.3 Å². The summed E-state index contributed by atoms with van der Waals surface area (Å²) in [6.07, 6.45) is 0.523. The fourth-order valence-corrected chi connectivity index (χ4v) is 2.86. The molecule has 2 amide bonds. The fraction of sp³-hybridized carbons (Fsp3) is 0.263. The maximum Gasteiger partial charge on any atom is 0.279 e. The van der Waals surface area contributed by atoms with E-state index in [1.807, 2.05) is 6.07 Å². The molecule has 26 heavy (non-hydrogen) atoms.